The molecule has 0 amide bonds. The third-order valence-electron chi connectivity index (χ3n) is 5.54. The van der Waals surface area contributed by atoms with Gasteiger partial charge in [-0.25, -0.2) is 4.79 Å². The minimum Gasteiger partial charge on any atom is -0.497 e. The van der Waals surface area contributed by atoms with Gasteiger partial charge in [0, 0.05) is 19.6 Å². The summed E-state index contributed by atoms with van der Waals surface area (Å²) < 4.78 is 32.6. The summed E-state index contributed by atoms with van der Waals surface area (Å²) in [6, 6.07) is 10.9. The number of fused-ring (bicyclic) bond motifs is 1. The number of carbonyl (C=O) groups is 2. The minimum absolute atomic E-state index is 0.0163. The maximum Gasteiger partial charge on any atom is 0.342 e. The lowest BCUT2D eigenvalue weighted by Crippen LogP contribution is -2.23. The number of hydrogen-bond acceptors (Lipinski definition) is 8. The fraction of sp³-hybridized carbons (Fsp3) is 0.357. The summed E-state index contributed by atoms with van der Waals surface area (Å²) in [7, 11) is 4.65. The van der Waals surface area contributed by atoms with Gasteiger partial charge in [0.1, 0.15) is 35.5 Å². The summed E-state index contributed by atoms with van der Waals surface area (Å²) >= 11 is 0. The lowest BCUT2D eigenvalue weighted by molar-refractivity contribution is -0.130. The van der Waals surface area contributed by atoms with E-state index in [-0.39, 0.29) is 31.2 Å². The van der Waals surface area contributed by atoms with Gasteiger partial charge < -0.3 is 28.4 Å². The summed E-state index contributed by atoms with van der Waals surface area (Å²) in [5.41, 5.74) is 1.80. The molecule has 0 radical (unpaired) electrons. The molecule has 1 heterocycles. The second kappa shape index (κ2) is 14.1. The molecule has 8 nitrogen and oxygen atoms in total. The van der Waals surface area contributed by atoms with Crippen molar-refractivity contribution in [1.29, 1.82) is 0 Å². The molecule has 0 unspecified atom stereocenters. The molecular weight excluding hydrogens is 464 g/mol. The molecule has 1 atom stereocenters. The maximum absolute atomic E-state index is 12.9. The number of cyclic esters (lactones) is 1. The molecule has 0 saturated heterocycles. The fourth-order valence-electron chi connectivity index (χ4n) is 3.62. The molecule has 8 heteroatoms. The monoisotopic (exact) mass is 496 g/mol. The van der Waals surface area contributed by atoms with E-state index in [4.69, 9.17) is 28.4 Å². The zero-order valence-electron chi connectivity index (χ0n) is 20.9. The van der Waals surface area contributed by atoms with Crippen molar-refractivity contribution in [2.24, 2.45) is 0 Å². The summed E-state index contributed by atoms with van der Waals surface area (Å²) in [6.07, 6.45) is 7.70. The van der Waals surface area contributed by atoms with Crippen molar-refractivity contribution in [3.05, 3.63) is 71.3 Å². The molecular formula is C28H32O8. The molecule has 1 aliphatic heterocycles. The van der Waals surface area contributed by atoms with Crippen molar-refractivity contribution >= 4 is 17.8 Å². The summed E-state index contributed by atoms with van der Waals surface area (Å²) in [4.78, 5) is 25.7. The Bertz CT molecular complexity index is 1070. The number of hydrogen-bond donors (Lipinski definition) is 0. The first-order valence-corrected chi connectivity index (χ1v) is 11.7. The molecule has 0 aromatic heterocycles. The molecule has 0 bridgehead atoms. The molecule has 0 saturated carbocycles. The molecule has 1 aliphatic rings. The zero-order chi connectivity index (χ0) is 25.8. The molecule has 0 spiro atoms. The van der Waals surface area contributed by atoms with Crippen LogP contribution in [0.2, 0.25) is 0 Å². The Kier molecular flexibility index (Phi) is 10.5. The van der Waals surface area contributed by atoms with Gasteiger partial charge in [-0.15, -0.1) is 0 Å². The lowest BCUT2D eigenvalue weighted by atomic mass is 10.0. The topological polar surface area (TPSA) is 89.5 Å². The highest BCUT2D eigenvalue weighted by molar-refractivity contribution is 5.97. The van der Waals surface area contributed by atoms with Gasteiger partial charge >= 0.3 is 5.97 Å². The number of rotatable bonds is 8. The van der Waals surface area contributed by atoms with E-state index in [9.17, 15) is 9.59 Å². The minimum atomic E-state index is -0.572. The number of allylic oxidation sites excluding steroid dienone is 2. The summed E-state index contributed by atoms with van der Waals surface area (Å²) in [6.45, 7) is 0.292. The van der Waals surface area contributed by atoms with Gasteiger partial charge in [0.15, 0.2) is 12.6 Å². The molecule has 3 rings (SSSR count). The van der Waals surface area contributed by atoms with Crippen LogP contribution in [0.1, 0.15) is 40.7 Å². The average Bonchev–Trinajstić information content (AvgIpc) is 2.90. The van der Waals surface area contributed by atoms with Crippen molar-refractivity contribution < 1.29 is 38.0 Å². The normalized spacial score (nSPS) is 16.6. The van der Waals surface area contributed by atoms with Gasteiger partial charge in [-0.3, -0.25) is 4.79 Å². The van der Waals surface area contributed by atoms with Crippen LogP contribution >= 0.6 is 0 Å². The predicted octanol–water partition coefficient (Wildman–Crippen LogP) is 4.75. The Morgan fingerprint density at radius 3 is 2.44 bits per heavy atom. The second-order valence-electron chi connectivity index (χ2n) is 8.01. The number of ether oxygens (including phenoxy) is 6. The molecule has 0 aliphatic carbocycles. The van der Waals surface area contributed by atoms with Gasteiger partial charge in [0.05, 0.1) is 20.8 Å². The van der Waals surface area contributed by atoms with Crippen molar-refractivity contribution in [3.63, 3.8) is 0 Å². The van der Waals surface area contributed by atoms with Crippen molar-refractivity contribution in [1.82, 2.24) is 0 Å². The first kappa shape index (κ1) is 27.0. The Labute approximate surface area is 211 Å². The van der Waals surface area contributed by atoms with E-state index in [1.807, 2.05) is 30.3 Å². The standard InChI is InChI=1S/C28H32O8/c1-31-19-36-26-17-23(33-3)16-21-8-4-5-10-25(35-18-20-11-13-22(32-2)14-12-20)24(29)9-6-7-15-34-28(30)27(21)26/h4,6-8,11-14,16-17,25H,5,9-10,15,18-19H2,1-3H3/t25-/m0/s1. The van der Waals surface area contributed by atoms with Gasteiger partial charge in [-0.05, 0) is 42.2 Å². The highest BCUT2D eigenvalue weighted by Gasteiger charge is 2.21. The van der Waals surface area contributed by atoms with E-state index in [2.05, 4.69) is 0 Å². The SMILES string of the molecule is COCOc1cc(OC)cc2c1C(=O)OCC=CCC(=O)[C@@H](OCc1ccc(OC)cc1)CCC=C2. The maximum atomic E-state index is 12.9. The van der Waals surface area contributed by atoms with Crippen LogP contribution in [0.4, 0.5) is 0 Å². The Hall–Kier alpha value is -3.62. The van der Waals surface area contributed by atoms with E-state index in [0.29, 0.717) is 36.5 Å². The van der Waals surface area contributed by atoms with E-state index in [1.54, 1.807) is 37.5 Å². The van der Waals surface area contributed by atoms with Crippen LogP contribution in [0.25, 0.3) is 6.08 Å². The second-order valence-corrected chi connectivity index (χ2v) is 8.01. The number of esters is 1. The molecule has 36 heavy (non-hydrogen) atoms. The summed E-state index contributed by atoms with van der Waals surface area (Å²) in [5, 5.41) is 0. The average molecular weight is 497 g/mol. The van der Waals surface area contributed by atoms with Crippen molar-refractivity contribution in [2.45, 2.75) is 32.0 Å². The van der Waals surface area contributed by atoms with Gasteiger partial charge in [-0.1, -0.05) is 36.4 Å². The van der Waals surface area contributed by atoms with Gasteiger partial charge in [0.25, 0.3) is 0 Å². The van der Waals surface area contributed by atoms with Crippen LogP contribution in [-0.4, -0.2) is 52.6 Å². The van der Waals surface area contributed by atoms with Crippen LogP contribution in [0, 0.1) is 0 Å². The Morgan fingerprint density at radius 2 is 1.72 bits per heavy atom. The van der Waals surface area contributed by atoms with Gasteiger partial charge in [-0.2, -0.15) is 0 Å². The molecule has 2 aromatic carbocycles. The van der Waals surface area contributed by atoms with E-state index in [1.165, 1.54) is 14.2 Å². The smallest absolute Gasteiger partial charge is 0.342 e. The van der Waals surface area contributed by atoms with Crippen LogP contribution in [0.15, 0.2) is 54.6 Å². The van der Waals surface area contributed by atoms with Crippen molar-refractivity contribution in [3.8, 4) is 17.2 Å². The van der Waals surface area contributed by atoms with E-state index in [0.717, 1.165) is 11.3 Å². The molecule has 0 fully saturated rings. The third kappa shape index (κ3) is 7.69. The highest BCUT2D eigenvalue weighted by Crippen LogP contribution is 2.31. The predicted molar refractivity (Wildman–Crippen MR) is 134 cm³/mol. The van der Waals surface area contributed by atoms with Gasteiger partial charge in [0.2, 0.25) is 0 Å². The van der Waals surface area contributed by atoms with Crippen LogP contribution in [0.3, 0.4) is 0 Å². The Balaban J connectivity index is 1.81. The quantitative estimate of drug-likeness (QED) is 0.294. The number of methoxy groups -OCH3 is 3. The van der Waals surface area contributed by atoms with Crippen molar-refractivity contribution in [2.75, 3.05) is 34.7 Å². The zero-order valence-corrected chi connectivity index (χ0v) is 20.9. The first-order chi connectivity index (χ1) is 17.5. The van der Waals surface area contributed by atoms with Crippen LogP contribution < -0.4 is 14.2 Å². The third-order valence-corrected chi connectivity index (χ3v) is 5.54. The Morgan fingerprint density at radius 1 is 0.944 bits per heavy atom. The van der Waals surface area contributed by atoms with Crippen LogP contribution in [0.5, 0.6) is 17.2 Å². The molecule has 192 valence electrons. The number of Topliss-reactive ketones (excluding diaryl/α,β-unsaturated/α-hetero) is 1. The fourth-order valence-corrected chi connectivity index (χ4v) is 3.62. The first-order valence-electron chi connectivity index (χ1n) is 11.7. The van der Waals surface area contributed by atoms with E-state index < -0.39 is 12.1 Å². The molecule has 2 aromatic rings. The largest absolute Gasteiger partial charge is 0.497 e. The number of benzene rings is 2. The van der Waals surface area contributed by atoms with E-state index >= 15 is 0 Å². The number of carbonyl (C=O) groups excluding carboxylic acids is 2. The number of ketones is 1. The summed E-state index contributed by atoms with van der Waals surface area (Å²) in [5.74, 6) is 1.00. The highest BCUT2D eigenvalue weighted by atomic mass is 16.7. The van der Waals surface area contributed by atoms with Crippen LogP contribution in [-0.2, 0) is 25.6 Å². The molecule has 0 N–H and O–H groups in total. The lowest BCUT2D eigenvalue weighted by Gasteiger charge is -2.17.